The number of amides is 1. The van der Waals surface area contributed by atoms with Crippen LogP contribution in [-0.2, 0) is 0 Å². The maximum atomic E-state index is 12.2. The number of halogens is 1. The number of anilines is 1. The van der Waals surface area contributed by atoms with Crippen LogP contribution in [0.4, 0.5) is 5.69 Å². The summed E-state index contributed by atoms with van der Waals surface area (Å²) in [7, 11) is 1.60. The standard InChI is InChI=1S/C16H16BrNO2/c1-10-5-7-13(9-14(10)17)18-16(19)12-6-4-11(2)15(8-12)20-3/h4-9H,1-3H3,(H,18,19). The highest BCUT2D eigenvalue weighted by Crippen LogP contribution is 2.22. The second-order valence-electron chi connectivity index (χ2n) is 4.60. The molecule has 0 radical (unpaired) electrons. The molecule has 0 aromatic heterocycles. The van der Waals surface area contributed by atoms with Gasteiger partial charge in [-0.1, -0.05) is 28.1 Å². The van der Waals surface area contributed by atoms with Gasteiger partial charge in [-0.2, -0.15) is 0 Å². The zero-order valence-corrected chi connectivity index (χ0v) is 13.2. The maximum Gasteiger partial charge on any atom is 0.255 e. The van der Waals surface area contributed by atoms with E-state index in [9.17, 15) is 4.79 Å². The molecule has 0 spiro atoms. The Labute approximate surface area is 127 Å². The lowest BCUT2D eigenvalue weighted by Gasteiger charge is -2.09. The predicted molar refractivity (Wildman–Crippen MR) is 84.6 cm³/mol. The molecule has 0 unspecified atom stereocenters. The molecule has 0 aliphatic rings. The highest BCUT2D eigenvalue weighted by Gasteiger charge is 2.09. The lowest BCUT2D eigenvalue weighted by Crippen LogP contribution is -2.12. The molecule has 0 aliphatic carbocycles. The first-order chi connectivity index (χ1) is 9.51. The summed E-state index contributed by atoms with van der Waals surface area (Å²) >= 11 is 3.45. The van der Waals surface area contributed by atoms with Crippen molar-refractivity contribution >= 4 is 27.5 Å². The van der Waals surface area contributed by atoms with E-state index in [2.05, 4.69) is 21.2 Å². The van der Waals surface area contributed by atoms with Crippen LogP contribution in [0.3, 0.4) is 0 Å². The van der Waals surface area contributed by atoms with Crippen LogP contribution < -0.4 is 10.1 Å². The molecular formula is C16H16BrNO2. The van der Waals surface area contributed by atoms with Gasteiger partial charge in [-0.25, -0.2) is 0 Å². The minimum Gasteiger partial charge on any atom is -0.496 e. The Hall–Kier alpha value is -1.81. The summed E-state index contributed by atoms with van der Waals surface area (Å²) in [6.07, 6.45) is 0. The van der Waals surface area contributed by atoms with Gasteiger partial charge in [-0.3, -0.25) is 4.79 Å². The van der Waals surface area contributed by atoms with Crippen molar-refractivity contribution in [2.75, 3.05) is 12.4 Å². The number of methoxy groups -OCH3 is 1. The van der Waals surface area contributed by atoms with Crippen LogP contribution in [0.2, 0.25) is 0 Å². The third kappa shape index (κ3) is 3.20. The summed E-state index contributed by atoms with van der Waals surface area (Å²) in [6.45, 7) is 3.94. The average Bonchev–Trinajstić information content (AvgIpc) is 2.43. The van der Waals surface area contributed by atoms with Crippen LogP contribution in [0.1, 0.15) is 21.5 Å². The monoisotopic (exact) mass is 333 g/mol. The van der Waals surface area contributed by atoms with E-state index in [1.165, 1.54) is 0 Å². The van der Waals surface area contributed by atoms with Crippen LogP contribution in [0.5, 0.6) is 5.75 Å². The minimum absolute atomic E-state index is 0.154. The summed E-state index contributed by atoms with van der Waals surface area (Å²) in [5.74, 6) is 0.557. The second-order valence-corrected chi connectivity index (χ2v) is 5.46. The summed E-state index contributed by atoms with van der Waals surface area (Å²) in [5, 5.41) is 2.87. The molecule has 0 atom stereocenters. The molecule has 2 aromatic carbocycles. The average molecular weight is 334 g/mol. The Balaban J connectivity index is 2.21. The Bertz CT molecular complexity index is 653. The smallest absolute Gasteiger partial charge is 0.255 e. The van der Waals surface area contributed by atoms with Crippen LogP contribution in [0.15, 0.2) is 40.9 Å². The molecule has 0 aliphatic heterocycles. The SMILES string of the molecule is COc1cc(C(=O)Nc2ccc(C)c(Br)c2)ccc1C. The molecule has 0 heterocycles. The Kier molecular flexibility index (Phi) is 4.45. The van der Waals surface area contributed by atoms with Gasteiger partial charge in [0.1, 0.15) is 5.75 Å². The third-order valence-electron chi connectivity index (χ3n) is 3.10. The van der Waals surface area contributed by atoms with E-state index in [1.807, 2.05) is 38.1 Å². The van der Waals surface area contributed by atoms with Crippen LogP contribution in [-0.4, -0.2) is 13.0 Å². The van der Waals surface area contributed by atoms with E-state index in [1.54, 1.807) is 19.2 Å². The first-order valence-electron chi connectivity index (χ1n) is 6.23. The molecule has 1 amide bonds. The lowest BCUT2D eigenvalue weighted by molar-refractivity contribution is 0.102. The zero-order valence-electron chi connectivity index (χ0n) is 11.7. The molecule has 4 heteroatoms. The number of carbonyl (C=O) groups excluding carboxylic acids is 1. The number of carbonyl (C=O) groups is 1. The van der Waals surface area contributed by atoms with Crippen molar-refractivity contribution in [2.45, 2.75) is 13.8 Å². The van der Waals surface area contributed by atoms with Gasteiger partial charge in [-0.15, -0.1) is 0 Å². The number of ether oxygens (including phenoxy) is 1. The molecular weight excluding hydrogens is 318 g/mol. The Morgan fingerprint density at radius 3 is 2.45 bits per heavy atom. The Morgan fingerprint density at radius 2 is 1.80 bits per heavy atom. The zero-order chi connectivity index (χ0) is 14.7. The van der Waals surface area contributed by atoms with Crippen LogP contribution in [0.25, 0.3) is 0 Å². The maximum absolute atomic E-state index is 12.2. The molecule has 2 rings (SSSR count). The Morgan fingerprint density at radius 1 is 1.10 bits per heavy atom. The van der Waals surface area contributed by atoms with Crippen molar-refractivity contribution in [3.05, 3.63) is 57.6 Å². The summed E-state index contributed by atoms with van der Waals surface area (Å²) in [6, 6.07) is 11.1. The summed E-state index contributed by atoms with van der Waals surface area (Å²) < 4.78 is 6.20. The third-order valence-corrected chi connectivity index (χ3v) is 3.95. The molecule has 1 N–H and O–H groups in total. The highest BCUT2D eigenvalue weighted by atomic mass is 79.9. The van der Waals surface area contributed by atoms with Gasteiger partial charge >= 0.3 is 0 Å². The van der Waals surface area contributed by atoms with Crippen molar-refractivity contribution in [1.29, 1.82) is 0 Å². The summed E-state index contributed by atoms with van der Waals surface area (Å²) in [5.41, 5.74) is 3.46. The van der Waals surface area contributed by atoms with Gasteiger partial charge in [0.15, 0.2) is 0 Å². The van der Waals surface area contributed by atoms with Crippen molar-refractivity contribution in [3.8, 4) is 5.75 Å². The van der Waals surface area contributed by atoms with Gasteiger partial charge in [0.2, 0.25) is 0 Å². The van der Waals surface area contributed by atoms with E-state index in [4.69, 9.17) is 4.74 Å². The first kappa shape index (κ1) is 14.6. The predicted octanol–water partition coefficient (Wildman–Crippen LogP) is 4.33. The molecule has 0 saturated heterocycles. The number of rotatable bonds is 3. The van der Waals surface area contributed by atoms with Crippen molar-refractivity contribution in [2.24, 2.45) is 0 Å². The fraction of sp³-hybridized carbons (Fsp3) is 0.188. The number of benzene rings is 2. The van der Waals surface area contributed by atoms with Crippen LogP contribution >= 0.6 is 15.9 Å². The molecule has 0 fully saturated rings. The first-order valence-corrected chi connectivity index (χ1v) is 7.02. The second kappa shape index (κ2) is 6.09. The van der Waals surface area contributed by atoms with E-state index in [0.29, 0.717) is 11.3 Å². The van der Waals surface area contributed by atoms with E-state index < -0.39 is 0 Å². The number of nitrogens with one attached hydrogen (secondary N) is 1. The normalized spacial score (nSPS) is 10.2. The fourth-order valence-corrected chi connectivity index (χ4v) is 2.21. The molecule has 104 valence electrons. The van der Waals surface area contributed by atoms with E-state index in [0.717, 1.165) is 21.3 Å². The van der Waals surface area contributed by atoms with Gasteiger partial charge < -0.3 is 10.1 Å². The molecule has 3 nitrogen and oxygen atoms in total. The van der Waals surface area contributed by atoms with Gasteiger partial charge in [0.25, 0.3) is 5.91 Å². The fourth-order valence-electron chi connectivity index (χ4n) is 1.84. The number of hydrogen-bond acceptors (Lipinski definition) is 2. The van der Waals surface area contributed by atoms with E-state index >= 15 is 0 Å². The molecule has 0 saturated carbocycles. The molecule has 2 aromatic rings. The largest absolute Gasteiger partial charge is 0.496 e. The summed E-state index contributed by atoms with van der Waals surface area (Å²) in [4.78, 5) is 12.2. The lowest BCUT2D eigenvalue weighted by atomic mass is 10.1. The molecule has 20 heavy (non-hydrogen) atoms. The van der Waals surface area contributed by atoms with Gasteiger partial charge in [0.05, 0.1) is 7.11 Å². The van der Waals surface area contributed by atoms with Crippen molar-refractivity contribution in [3.63, 3.8) is 0 Å². The molecule has 0 bridgehead atoms. The van der Waals surface area contributed by atoms with Gasteiger partial charge in [-0.05, 0) is 49.2 Å². The minimum atomic E-state index is -0.154. The van der Waals surface area contributed by atoms with Crippen molar-refractivity contribution < 1.29 is 9.53 Å². The van der Waals surface area contributed by atoms with E-state index in [-0.39, 0.29) is 5.91 Å². The van der Waals surface area contributed by atoms with Crippen LogP contribution in [0, 0.1) is 13.8 Å². The highest BCUT2D eigenvalue weighted by molar-refractivity contribution is 9.10. The topological polar surface area (TPSA) is 38.3 Å². The van der Waals surface area contributed by atoms with Crippen molar-refractivity contribution in [1.82, 2.24) is 0 Å². The van der Waals surface area contributed by atoms with Gasteiger partial charge in [0, 0.05) is 15.7 Å². The quantitative estimate of drug-likeness (QED) is 0.907. The number of aryl methyl sites for hydroxylation is 2. The number of hydrogen-bond donors (Lipinski definition) is 1.